The number of hydrogen-bond acceptors (Lipinski definition) is 4. The lowest BCUT2D eigenvalue weighted by Crippen LogP contribution is -2.65. The van der Waals surface area contributed by atoms with Gasteiger partial charge in [0.05, 0.1) is 11.9 Å². The standard InChI is InChI=1S/C17H33N3O3S/c1-5-23-15-12-14(17(15)9-6-7-10-17)20-16(18-3)19-13(2)8-11-24(4,21)22/h13-15H,5-12H2,1-4H3,(H2,18,19,20). The van der Waals surface area contributed by atoms with Crippen LogP contribution in [0.5, 0.6) is 0 Å². The van der Waals surface area contributed by atoms with Crippen LogP contribution in [-0.2, 0) is 14.6 Å². The van der Waals surface area contributed by atoms with Crippen molar-refractivity contribution < 1.29 is 13.2 Å². The van der Waals surface area contributed by atoms with Gasteiger partial charge in [-0.2, -0.15) is 0 Å². The fourth-order valence-electron chi connectivity index (χ4n) is 4.12. The van der Waals surface area contributed by atoms with E-state index in [4.69, 9.17) is 4.74 Å². The number of aliphatic imine (C=N–C) groups is 1. The third-order valence-corrected chi connectivity index (χ3v) is 6.50. The minimum absolute atomic E-state index is 0.0632. The Bertz CT molecular complexity index is 541. The number of ether oxygens (including phenoxy) is 1. The molecule has 0 aromatic rings. The predicted molar refractivity (Wildman–Crippen MR) is 98.1 cm³/mol. The van der Waals surface area contributed by atoms with Gasteiger partial charge in [0, 0.05) is 37.4 Å². The lowest BCUT2D eigenvalue weighted by atomic mass is 9.60. The van der Waals surface area contributed by atoms with Gasteiger partial charge in [0.15, 0.2) is 5.96 Å². The highest BCUT2D eigenvalue weighted by Gasteiger charge is 2.56. The molecule has 0 amide bonds. The van der Waals surface area contributed by atoms with Crippen molar-refractivity contribution in [2.24, 2.45) is 10.4 Å². The minimum Gasteiger partial charge on any atom is -0.378 e. The van der Waals surface area contributed by atoms with Crippen molar-refractivity contribution in [3.05, 3.63) is 0 Å². The first-order valence-electron chi connectivity index (χ1n) is 9.10. The Hall–Kier alpha value is -0.820. The molecule has 24 heavy (non-hydrogen) atoms. The molecular weight excluding hydrogens is 326 g/mol. The minimum atomic E-state index is -2.93. The van der Waals surface area contributed by atoms with Crippen LogP contribution in [0.3, 0.4) is 0 Å². The molecule has 2 fully saturated rings. The van der Waals surface area contributed by atoms with Crippen LogP contribution in [0.2, 0.25) is 0 Å². The maximum absolute atomic E-state index is 11.3. The monoisotopic (exact) mass is 359 g/mol. The summed E-state index contributed by atoms with van der Waals surface area (Å²) in [5, 5.41) is 6.89. The summed E-state index contributed by atoms with van der Waals surface area (Å²) >= 11 is 0. The summed E-state index contributed by atoms with van der Waals surface area (Å²) in [7, 11) is -1.16. The molecule has 2 N–H and O–H groups in total. The van der Waals surface area contributed by atoms with E-state index < -0.39 is 9.84 Å². The zero-order valence-electron chi connectivity index (χ0n) is 15.5. The lowest BCUT2D eigenvalue weighted by Gasteiger charge is -2.54. The summed E-state index contributed by atoms with van der Waals surface area (Å²) in [5.41, 5.74) is 0.254. The van der Waals surface area contributed by atoms with Gasteiger partial charge in [-0.25, -0.2) is 8.42 Å². The maximum atomic E-state index is 11.3. The first-order chi connectivity index (χ1) is 11.3. The number of nitrogens with one attached hydrogen (secondary N) is 2. The van der Waals surface area contributed by atoms with E-state index in [0.717, 1.165) is 19.0 Å². The zero-order chi connectivity index (χ0) is 17.8. The van der Waals surface area contributed by atoms with E-state index in [1.54, 1.807) is 7.05 Å². The Kier molecular flexibility index (Phi) is 6.53. The Morgan fingerprint density at radius 1 is 1.38 bits per heavy atom. The van der Waals surface area contributed by atoms with Crippen molar-refractivity contribution >= 4 is 15.8 Å². The van der Waals surface area contributed by atoms with E-state index in [-0.39, 0.29) is 17.2 Å². The molecule has 3 unspecified atom stereocenters. The highest BCUT2D eigenvalue weighted by atomic mass is 32.2. The molecule has 2 rings (SSSR count). The Morgan fingerprint density at radius 3 is 2.58 bits per heavy atom. The summed E-state index contributed by atoms with van der Waals surface area (Å²) in [6.07, 6.45) is 8.23. The summed E-state index contributed by atoms with van der Waals surface area (Å²) < 4.78 is 28.6. The van der Waals surface area contributed by atoms with Gasteiger partial charge >= 0.3 is 0 Å². The highest BCUT2D eigenvalue weighted by Crippen LogP contribution is 2.54. The number of sulfone groups is 1. The summed E-state index contributed by atoms with van der Waals surface area (Å²) in [6, 6.07) is 0.457. The largest absolute Gasteiger partial charge is 0.378 e. The van der Waals surface area contributed by atoms with Crippen molar-refractivity contribution in [3.8, 4) is 0 Å². The van der Waals surface area contributed by atoms with Gasteiger partial charge in [-0.1, -0.05) is 12.8 Å². The van der Waals surface area contributed by atoms with E-state index in [9.17, 15) is 8.42 Å². The molecule has 2 aliphatic carbocycles. The quantitative estimate of drug-likeness (QED) is 0.534. The van der Waals surface area contributed by atoms with Crippen LogP contribution in [0.25, 0.3) is 0 Å². The van der Waals surface area contributed by atoms with Crippen LogP contribution in [0.1, 0.15) is 52.4 Å². The number of guanidine groups is 1. The van der Waals surface area contributed by atoms with Gasteiger partial charge < -0.3 is 15.4 Å². The van der Waals surface area contributed by atoms with Crippen molar-refractivity contribution in [1.29, 1.82) is 0 Å². The molecule has 140 valence electrons. The molecule has 0 saturated heterocycles. The third-order valence-electron chi connectivity index (χ3n) is 5.53. The van der Waals surface area contributed by atoms with Gasteiger partial charge in [0.1, 0.15) is 9.84 Å². The Morgan fingerprint density at radius 2 is 2.04 bits per heavy atom. The number of rotatable bonds is 7. The van der Waals surface area contributed by atoms with Crippen LogP contribution >= 0.6 is 0 Å². The van der Waals surface area contributed by atoms with Crippen molar-refractivity contribution in [2.75, 3.05) is 25.7 Å². The van der Waals surface area contributed by atoms with E-state index >= 15 is 0 Å². The second-order valence-corrected chi connectivity index (χ2v) is 9.61. The van der Waals surface area contributed by atoms with Gasteiger partial charge in [-0.05, 0) is 39.5 Å². The lowest BCUT2D eigenvalue weighted by molar-refractivity contribution is -0.125. The Labute approximate surface area is 146 Å². The van der Waals surface area contributed by atoms with E-state index in [1.807, 2.05) is 6.92 Å². The second-order valence-electron chi connectivity index (χ2n) is 7.35. The van der Waals surface area contributed by atoms with E-state index in [2.05, 4.69) is 22.5 Å². The van der Waals surface area contributed by atoms with E-state index in [0.29, 0.717) is 18.6 Å². The van der Waals surface area contributed by atoms with Crippen molar-refractivity contribution in [3.63, 3.8) is 0 Å². The van der Waals surface area contributed by atoms with Crippen LogP contribution in [0.4, 0.5) is 0 Å². The normalized spacial score (nSPS) is 27.8. The van der Waals surface area contributed by atoms with Crippen LogP contribution in [-0.4, -0.2) is 58.2 Å². The second kappa shape index (κ2) is 8.04. The first-order valence-corrected chi connectivity index (χ1v) is 11.2. The molecule has 7 heteroatoms. The highest BCUT2D eigenvalue weighted by molar-refractivity contribution is 7.90. The predicted octanol–water partition coefficient (Wildman–Crippen LogP) is 1.71. The first kappa shape index (κ1) is 19.5. The fourth-order valence-corrected chi connectivity index (χ4v) is 4.90. The Balaban J connectivity index is 1.89. The zero-order valence-corrected chi connectivity index (χ0v) is 16.3. The third kappa shape index (κ3) is 4.63. The molecule has 0 bridgehead atoms. The molecule has 6 nitrogen and oxygen atoms in total. The van der Waals surface area contributed by atoms with E-state index in [1.165, 1.54) is 31.9 Å². The van der Waals surface area contributed by atoms with Gasteiger partial charge in [-0.3, -0.25) is 4.99 Å². The maximum Gasteiger partial charge on any atom is 0.191 e. The average molecular weight is 360 g/mol. The SMILES string of the molecule is CCOC1CC(NC(=NC)NC(C)CCS(C)(=O)=O)C12CCCC2. The molecule has 0 heterocycles. The summed E-state index contributed by atoms with van der Waals surface area (Å²) in [4.78, 5) is 4.32. The smallest absolute Gasteiger partial charge is 0.191 e. The molecule has 0 radical (unpaired) electrons. The molecule has 0 aromatic carbocycles. The molecule has 2 aliphatic rings. The fraction of sp³-hybridized carbons (Fsp3) is 0.941. The summed E-state index contributed by atoms with van der Waals surface area (Å²) in [6.45, 7) is 4.83. The topological polar surface area (TPSA) is 79.8 Å². The molecule has 0 aromatic heterocycles. The van der Waals surface area contributed by atoms with Crippen molar-refractivity contribution in [1.82, 2.24) is 10.6 Å². The van der Waals surface area contributed by atoms with Gasteiger partial charge in [0.2, 0.25) is 0 Å². The van der Waals surface area contributed by atoms with Crippen LogP contribution in [0.15, 0.2) is 4.99 Å². The van der Waals surface area contributed by atoms with Crippen LogP contribution in [0, 0.1) is 5.41 Å². The molecular formula is C17H33N3O3S. The van der Waals surface area contributed by atoms with Gasteiger partial charge in [0.25, 0.3) is 0 Å². The molecule has 3 atom stereocenters. The van der Waals surface area contributed by atoms with Gasteiger partial charge in [-0.15, -0.1) is 0 Å². The van der Waals surface area contributed by atoms with Crippen LogP contribution < -0.4 is 10.6 Å². The number of hydrogen-bond donors (Lipinski definition) is 2. The molecule has 1 spiro atoms. The average Bonchev–Trinajstić information content (AvgIpc) is 3.03. The summed E-state index contributed by atoms with van der Waals surface area (Å²) in [5.74, 6) is 0.958. The van der Waals surface area contributed by atoms with Crippen molar-refractivity contribution in [2.45, 2.75) is 70.6 Å². The number of nitrogens with zero attached hydrogens (tertiary/aromatic N) is 1. The molecule has 2 saturated carbocycles. The molecule has 0 aliphatic heterocycles.